The van der Waals surface area contributed by atoms with Gasteiger partial charge in [0.05, 0.1) is 25.9 Å². The van der Waals surface area contributed by atoms with Crippen LogP contribution in [0.4, 0.5) is 0 Å². The van der Waals surface area contributed by atoms with Crippen molar-refractivity contribution >= 4 is 23.4 Å². The summed E-state index contributed by atoms with van der Waals surface area (Å²) in [5, 5.41) is 20.8. The largest absolute Gasteiger partial charge is 0.467 e. The van der Waals surface area contributed by atoms with Crippen LogP contribution in [-0.2, 0) is 38.1 Å². The first-order valence-corrected chi connectivity index (χ1v) is 16.3. The molecule has 46 heavy (non-hydrogen) atoms. The summed E-state index contributed by atoms with van der Waals surface area (Å²) in [6, 6.07) is -0.881. The Labute approximate surface area is 274 Å². The molecule has 2 saturated heterocycles. The molecule has 2 N–H and O–H groups in total. The first-order valence-electron chi connectivity index (χ1n) is 16.3. The number of piperidine rings is 1. The Bertz CT molecular complexity index is 1130. The maximum absolute atomic E-state index is 13.5. The number of hydrogen-bond donors (Lipinski definition) is 2. The second-order valence-electron chi connectivity index (χ2n) is 13.0. The summed E-state index contributed by atoms with van der Waals surface area (Å²) in [6.45, 7) is 9.32. The van der Waals surface area contributed by atoms with Gasteiger partial charge in [-0.2, -0.15) is 0 Å². The van der Waals surface area contributed by atoms with Gasteiger partial charge in [0.1, 0.15) is 12.1 Å². The standard InChI is InChI=1S/C35H55NO10/c1-22(18-25(4)31(38)30(21-37)44-7)12-10-9-11-13-24(3)29(43-6)20-27-15-14-26(5)35(42,46-27)32(39)33(40)36-17-16-23(2)19-28(36)34(41)45-8/h9-13,22-23,25-30,37,42H,14-21H2,1-8H3/b11-9+,12-10+,24-13+/t22-,23+,25-,26-,27+,28+,29+,30-,35-/m1/s1. The molecule has 0 aromatic rings. The van der Waals surface area contributed by atoms with Crippen molar-refractivity contribution in [3.63, 3.8) is 0 Å². The molecule has 0 aromatic heterocycles. The summed E-state index contributed by atoms with van der Waals surface area (Å²) >= 11 is 0. The predicted molar refractivity (Wildman–Crippen MR) is 172 cm³/mol. The Morgan fingerprint density at radius 2 is 1.67 bits per heavy atom. The molecule has 0 unspecified atom stereocenters. The van der Waals surface area contributed by atoms with Crippen LogP contribution < -0.4 is 0 Å². The van der Waals surface area contributed by atoms with Crippen LogP contribution in [0.25, 0.3) is 0 Å². The predicted octanol–water partition coefficient (Wildman–Crippen LogP) is 3.56. The zero-order chi connectivity index (χ0) is 34.6. The van der Waals surface area contributed by atoms with E-state index in [-0.39, 0.29) is 42.8 Å². The van der Waals surface area contributed by atoms with E-state index in [1.54, 1.807) is 14.0 Å². The van der Waals surface area contributed by atoms with E-state index in [1.165, 1.54) is 19.1 Å². The number of carbonyl (C=O) groups is 4. The highest BCUT2D eigenvalue weighted by Gasteiger charge is 2.53. The molecule has 11 nitrogen and oxygen atoms in total. The zero-order valence-electron chi connectivity index (χ0n) is 28.8. The smallest absolute Gasteiger partial charge is 0.328 e. The van der Waals surface area contributed by atoms with Crippen LogP contribution in [-0.4, -0.2) is 103 Å². The second-order valence-corrected chi connectivity index (χ2v) is 13.0. The van der Waals surface area contributed by atoms with Crippen LogP contribution in [0.5, 0.6) is 0 Å². The Balaban J connectivity index is 2.02. The first kappa shape index (κ1) is 39.5. The van der Waals surface area contributed by atoms with Crippen molar-refractivity contribution in [2.45, 2.75) is 103 Å². The fourth-order valence-corrected chi connectivity index (χ4v) is 6.22. The van der Waals surface area contributed by atoms with E-state index in [0.717, 1.165) is 5.57 Å². The monoisotopic (exact) mass is 649 g/mol. The number of hydrogen-bond acceptors (Lipinski definition) is 10. The van der Waals surface area contributed by atoms with Gasteiger partial charge in [-0.15, -0.1) is 0 Å². The number of nitrogens with zero attached hydrogens (tertiary/aromatic N) is 1. The molecule has 11 heteroatoms. The summed E-state index contributed by atoms with van der Waals surface area (Å²) in [5.74, 6) is -5.55. The molecule has 0 radical (unpaired) electrons. The SMILES string of the molecule is COC(=O)[C@@H]1C[C@@H](C)CCN1C(=O)C(=O)[C@]1(O)O[C@H](C[C@H](OC)/C(C)=C/C=C/C=C/[C@@H](C)C[C@@H](C)C(=O)[C@@H](CO)OC)CC[C@H]1C. The molecule has 0 aromatic carbocycles. The fraction of sp³-hybridized carbons (Fsp3) is 0.714. The third kappa shape index (κ3) is 10.4. The van der Waals surface area contributed by atoms with Gasteiger partial charge in [0, 0.05) is 39.0 Å². The molecule has 0 spiro atoms. The van der Waals surface area contributed by atoms with Crippen LogP contribution >= 0.6 is 0 Å². The molecule has 2 aliphatic heterocycles. The van der Waals surface area contributed by atoms with Gasteiger partial charge in [-0.05, 0) is 56.4 Å². The van der Waals surface area contributed by atoms with Gasteiger partial charge in [-0.3, -0.25) is 14.4 Å². The van der Waals surface area contributed by atoms with Gasteiger partial charge in [0.25, 0.3) is 11.7 Å². The average Bonchev–Trinajstić information content (AvgIpc) is 3.04. The quantitative estimate of drug-likeness (QED) is 0.144. The van der Waals surface area contributed by atoms with Gasteiger partial charge >= 0.3 is 5.97 Å². The molecule has 0 saturated carbocycles. The Kier molecular flexibility index (Phi) is 16.0. The summed E-state index contributed by atoms with van der Waals surface area (Å²) in [5.41, 5.74) is 0.908. The Morgan fingerprint density at radius 1 is 1.00 bits per heavy atom. The lowest BCUT2D eigenvalue weighted by Gasteiger charge is -2.43. The lowest BCUT2D eigenvalue weighted by molar-refractivity contribution is -0.265. The second kappa shape index (κ2) is 18.6. The minimum atomic E-state index is -2.31. The van der Waals surface area contributed by atoms with Gasteiger partial charge in [0.15, 0.2) is 5.78 Å². The maximum Gasteiger partial charge on any atom is 0.328 e. The molecular formula is C35H55NO10. The lowest BCUT2D eigenvalue weighted by atomic mass is 9.84. The van der Waals surface area contributed by atoms with E-state index in [4.69, 9.17) is 18.9 Å². The summed E-state index contributed by atoms with van der Waals surface area (Å²) in [4.78, 5) is 52.8. The van der Waals surface area contributed by atoms with Crippen LogP contribution in [0.2, 0.25) is 0 Å². The summed E-state index contributed by atoms with van der Waals surface area (Å²) in [7, 11) is 4.24. The van der Waals surface area contributed by atoms with Crippen molar-refractivity contribution in [2.24, 2.45) is 23.7 Å². The van der Waals surface area contributed by atoms with Crippen molar-refractivity contribution in [1.82, 2.24) is 4.90 Å². The van der Waals surface area contributed by atoms with Gasteiger partial charge in [-0.1, -0.05) is 58.1 Å². The number of aliphatic hydroxyl groups excluding tert-OH is 1. The van der Waals surface area contributed by atoms with Crippen LogP contribution in [0, 0.1) is 23.7 Å². The van der Waals surface area contributed by atoms with E-state index in [0.29, 0.717) is 38.5 Å². The normalized spacial score (nSPS) is 28.6. The van der Waals surface area contributed by atoms with Crippen molar-refractivity contribution < 1.29 is 48.3 Å². The number of rotatable bonds is 16. The third-order valence-electron chi connectivity index (χ3n) is 9.32. The van der Waals surface area contributed by atoms with E-state index in [9.17, 15) is 29.4 Å². The number of ether oxygens (including phenoxy) is 4. The van der Waals surface area contributed by atoms with Crippen molar-refractivity contribution in [1.29, 1.82) is 0 Å². The zero-order valence-corrected chi connectivity index (χ0v) is 28.8. The van der Waals surface area contributed by atoms with Gasteiger partial charge in [0.2, 0.25) is 5.79 Å². The van der Waals surface area contributed by atoms with E-state index >= 15 is 0 Å². The van der Waals surface area contributed by atoms with Gasteiger partial charge in [-0.25, -0.2) is 4.79 Å². The van der Waals surface area contributed by atoms with E-state index in [2.05, 4.69) is 0 Å². The third-order valence-corrected chi connectivity index (χ3v) is 9.32. The Hall–Kier alpha value is -2.70. The summed E-state index contributed by atoms with van der Waals surface area (Å²) < 4.78 is 21.6. The number of amides is 1. The topological polar surface area (TPSA) is 149 Å². The van der Waals surface area contributed by atoms with Crippen LogP contribution in [0.15, 0.2) is 36.0 Å². The molecule has 2 aliphatic rings. The number of Topliss-reactive ketones (excluding diaryl/α,β-unsaturated/α-hetero) is 2. The van der Waals surface area contributed by atoms with Crippen LogP contribution in [0.3, 0.4) is 0 Å². The number of aliphatic hydroxyl groups is 2. The van der Waals surface area contributed by atoms with Crippen molar-refractivity contribution in [3.05, 3.63) is 36.0 Å². The maximum atomic E-state index is 13.5. The molecule has 0 aliphatic carbocycles. The molecule has 2 fully saturated rings. The average molecular weight is 650 g/mol. The minimum Gasteiger partial charge on any atom is -0.467 e. The van der Waals surface area contributed by atoms with Gasteiger partial charge < -0.3 is 34.1 Å². The molecule has 2 heterocycles. The summed E-state index contributed by atoms with van der Waals surface area (Å²) in [6.07, 6.45) is 11.0. The number of allylic oxidation sites excluding steroid dienone is 5. The number of methoxy groups -OCH3 is 3. The van der Waals surface area contributed by atoms with Crippen LogP contribution in [0.1, 0.15) is 73.1 Å². The number of ketones is 2. The fourth-order valence-electron chi connectivity index (χ4n) is 6.22. The highest BCUT2D eigenvalue weighted by molar-refractivity contribution is 6.39. The Morgan fingerprint density at radius 3 is 2.28 bits per heavy atom. The number of carbonyl (C=O) groups excluding carboxylic acids is 4. The van der Waals surface area contributed by atoms with Crippen molar-refractivity contribution in [2.75, 3.05) is 34.5 Å². The molecule has 260 valence electrons. The number of likely N-dealkylation sites (tertiary alicyclic amines) is 1. The lowest BCUT2D eigenvalue weighted by Crippen LogP contribution is -2.61. The molecule has 2 rings (SSSR count). The van der Waals surface area contributed by atoms with E-state index < -0.39 is 47.6 Å². The molecular weight excluding hydrogens is 594 g/mol. The number of esters is 1. The highest BCUT2D eigenvalue weighted by Crippen LogP contribution is 2.36. The minimum absolute atomic E-state index is 0.111. The first-order chi connectivity index (χ1) is 21.7. The molecule has 1 amide bonds. The van der Waals surface area contributed by atoms with E-state index in [1.807, 2.05) is 58.1 Å². The molecule has 0 bridgehead atoms. The highest BCUT2D eigenvalue weighted by atomic mass is 16.6. The van der Waals surface area contributed by atoms with Crippen molar-refractivity contribution in [3.8, 4) is 0 Å². The molecule has 9 atom stereocenters.